The van der Waals surface area contributed by atoms with Gasteiger partial charge in [-0.15, -0.1) is 0 Å². The molecule has 94 valence electrons. The van der Waals surface area contributed by atoms with E-state index in [1.54, 1.807) is 23.9 Å². The monoisotopic (exact) mass is 247 g/mol. The van der Waals surface area contributed by atoms with Crippen molar-refractivity contribution >= 4 is 11.5 Å². The lowest BCUT2D eigenvalue weighted by atomic mass is 10.2. The van der Waals surface area contributed by atoms with E-state index in [0.717, 1.165) is 0 Å². The summed E-state index contributed by atoms with van der Waals surface area (Å²) in [5.41, 5.74) is 0.629. The normalized spacial score (nSPS) is 10.3. The molecule has 7 heteroatoms. The van der Waals surface area contributed by atoms with Gasteiger partial charge in [-0.2, -0.15) is 5.10 Å². The van der Waals surface area contributed by atoms with Crippen LogP contribution in [0.4, 0.5) is 11.5 Å². The third-order valence-electron chi connectivity index (χ3n) is 2.49. The van der Waals surface area contributed by atoms with E-state index in [1.807, 2.05) is 12.3 Å². The molecule has 0 atom stereocenters. The van der Waals surface area contributed by atoms with Crippen molar-refractivity contribution in [2.75, 3.05) is 11.9 Å². The number of nitrogens with one attached hydrogen (secondary N) is 1. The van der Waals surface area contributed by atoms with Crippen LogP contribution in [0.5, 0.6) is 0 Å². The fraction of sp³-hybridized carbons (Fsp3) is 0.273. The molecule has 0 aromatic carbocycles. The van der Waals surface area contributed by atoms with Crippen molar-refractivity contribution in [3.05, 3.63) is 46.4 Å². The maximum absolute atomic E-state index is 10.6. The molecule has 1 N–H and O–H groups in total. The van der Waals surface area contributed by atoms with Crippen molar-refractivity contribution in [3.8, 4) is 0 Å². The Morgan fingerprint density at radius 1 is 1.56 bits per heavy atom. The first kappa shape index (κ1) is 12.0. The molecular formula is C11H13N5O2. The number of aromatic nitrogens is 3. The smallest absolute Gasteiger partial charge is 0.290 e. The molecule has 0 radical (unpaired) electrons. The number of aryl methyl sites for hydroxylation is 1. The summed E-state index contributed by atoms with van der Waals surface area (Å²) >= 11 is 0. The Hall–Kier alpha value is -2.44. The number of anilines is 1. The van der Waals surface area contributed by atoms with Gasteiger partial charge in [0.1, 0.15) is 12.0 Å². The lowest BCUT2D eigenvalue weighted by Crippen LogP contribution is -2.11. The number of rotatable bonds is 5. The molecule has 7 nitrogen and oxygen atoms in total. The molecule has 0 fully saturated rings. The van der Waals surface area contributed by atoms with Gasteiger partial charge in [-0.3, -0.25) is 14.8 Å². The number of nitro groups is 1. The second-order valence-corrected chi connectivity index (χ2v) is 3.81. The standard InChI is InChI=1S/C11H13N5O2/c1-9-7-11(13-8-10(9)16(17)18)12-4-6-15-5-2-3-14-15/h2-3,5,7-8H,4,6H2,1H3,(H,12,13). The average Bonchev–Trinajstić information content (AvgIpc) is 2.81. The number of nitrogens with zero attached hydrogens (tertiary/aromatic N) is 4. The van der Waals surface area contributed by atoms with Crippen LogP contribution in [0.15, 0.2) is 30.7 Å². The molecule has 18 heavy (non-hydrogen) atoms. The van der Waals surface area contributed by atoms with Crippen molar-refractivity contribution in [1.82, 2.24) is 14.8 Å². The SMILES string of the molecule is Cc1cc(NCCn2cccn2)ncc1[N+](=O)[O-]. The lowest BCUT2D eigenvalue weighted by molar-refractivity contribution is -0.385. The average molecular weight is 247 g/mol. The van der Waals surface area contributed by atoms with Crippen molar-refractivity contribution in [3.63, 3.8) is 0 Å². The minimum absolute atomic E-state index is 0.0348. The first-order chi connectivity index (χ1) is 8.66. The second-order valence-electron chi connectivity index (χ2n) is 3.81. The fourth-order valence-corrected chi connectivity index (χ4v) is 1.57. The van der Waals surface area contributed by atoms with Gasteiger partial charge in [0.05, 0.1) is 11.5 Å². The number of hydrogen-bond donors (Lipinski definition) is 1. The molecule has 0 unspecified atom stereocenters. The summed E-state index contributed by atoms with van der Waals surface area (Å²) in [5, 5.41) is 17.8. The molecular weight excluding hydrogens is 234 g/mol. The third kappa shape index (κ3) is 2.82. The number of pyridine rings is 1. The van der Waals surface area contributed by atoms with Crippen LogP contribution in [0, 0.1) is 17.0 Å². The Morgan fingerprint density at radius 2 is 2.39 bits per heavy atom. The highest BCUT2D eigenvalue weighted by atomic mass is 16.6. The van der Waals surface area contributed by atoms with E-state index in [-0.39, 0.29) is 5.69 Å². The largest absolute Gasteiger partial charge is 0.368 e. The van der Waals surface area contributed by atoms with Crippen LogP contribution in [0.1, 0.15) is 5.56 Å². The van der Waals surface area contributed by atoms with Gasteiger partial charge in [0.25, 0.3) is 5.69 Å². The van der Waals surface area contributed by atoms with Crippen LogP contribution >= 0.6 is 0 Å². The summed E-state index contributed by atoms with van der Waals surface area (Å²) in [5.74, 6) is 0.630. The molecule has 2 heterocycles. The fourth-order valence-electron chi connectivity index (χ4n) is 1.57. The van der Waals surface area contributed by atoms with E-state index in [4.69, 9.17) is 0 Å². The Bertz CT molecular complexity index is 538. The van der Waals surface area contributed by atoms with Crippen molar-refractivity contribution in [1.29, 1.82) is 0 Å². The molecule has 0 spiro atoms. The van der Waals surface area contributed by atoms with E-state index in [0.29, 0.717) is 24.5 Å². The topological polar surface area (TPSA) is 85.9 Å². The molecule has 0 saturated carbocycles. The molecule has 0 aliphatic rings. The van der Waals surface area contributed by atoms with Crippen molar-refractivity contribution < 1.29 is 4.92 Å². The molecule has 0 aliphatic carbocycles. The maximum atomic E-state index is 10.6. The number of hydrogen-bond acceptors (Lipinski definition) is 5. The highest BCUT2D eigenvalue weighted by Crippen LogP contribution is 2.18. The summed E-state index contributed by atoms with van der Waals surface area (Å²) in [7, 11) is 0. The van der Waals surface area contributed by atoms with Gasteiger partial charge in [-0.1, -0.05) is 0 Å². The minimum atomic E-state index is -0.435. The highest BCUT2D eigenvalue weighted by Gasteiger charge is 2.10. The molecule has 2 rings (SSSR count). The minimum Gasteiger partial charge on any atom is -0.368 e. The molecule has 0 saturated heterocycles. The van der Waals surface area contributed by atoms with Crippen molar-refractivity contribution in [2.24, 2.45) is 0 Å². The van der Waals surface area contributed by atoms with E-state index in [1.165, 1.54) is 6.20 Å². The zero-order chi connectivity index (χ0) is 13.0. The predicted octanol–water partition coefficient (Wildman–Crippen LogP) is 1.61. The van der Waals surface area contributed by atoms with Crippen molar-refractivity contribution in [2.45, 2.75) is 13.5 Å². The van der Waals surface area contributed by atoms with Gasteiger partial charge in [-0.05, 0) is 19.1 Å². The Kier molecular flexibility index (Phi) is 3.52. The zero-order valence-electron chi connectivity index (χ0n) is 9.91. The summed E-state index contributed by atoms with van der Waals surface area (Å²) < 4.78 is 1.80. The first-order valence-corrected chi connectivity index (χ1v) is 5.49. The quantitative estimate of drug-likeness (QED) is 0.640. The Labute approximate surface area is 104 Å². The first-order valence-electron chi connectivity index (χ1n) is 5.49. The van der Waals surface area contributed by atoms with Gasteiger partial charge < -0.3 is 5.32 Å². The molecule has 2 aromatic heterocycles. The van der Waals surface area contributed by atoms with Gasteiger partial charge in [0.2, 0.25) is 0 Å². The van der Waals surface area contributed by atoms with Crippen LogP contribution in [0.3, 0.4) is 0 Å². The van der Waals surface area contributed by atoms with Gasteiger partial charge in [-0.25, -0.2) is 4.98 Å². The van der Waals surface area contributed by atoms with Crippen LogP contribution in [-0.2, 0) is 6.54 Å². The predicted molar refractivity (Wildman–Crippen MR) is 66.3 cm³/mol. The van der Waals surface area contributed by atoms with Gasteiger partial charge in [0.15, 0.2) is 0 Å². The third-order valence-corrected chi connectivity index (χ3v) is 2.49. The summed E-state index contributed by atoms with van der Waals surface area (Å²) in [6.45, 7) is 3.06. The molecule has 0 amide bonds. The van der Waals surface area contributed by atoms with Gasteiger partial charge >= 0.3 is 0 Å². The summed E-state index contributed by atoms with van der Waals surface area (Å²) in [4.78, 5) is 14.2. The van der Waals surface area contributed by atoms with Crippen LogP contribution in [-0.4, -0.2) is 26.2 Å². The van der Waals surface area contributed by atoms with Crippen LogP contribution in [0.25, 0.3) is 0 Å². The van der Waals surface area contributed by atoms with E-state index in [2.05, 4.69) is 15.4 Å². The van der Waals surface area contributed by atoms with Gasteiger partial charge in [0, 0.05) is 24.5 Å². The van der Waals surface area contributed by atoms with Crippen LogP contribution in [0.2, 0.25) is 0 Å². The molecule has 0 bridgehead atoms. The molecule has 2 aromatic rings. The Morgan fingerprint density at radius 3 is 3.00 bits per heavy atom. The van der Waals surface area contributed by atoms with Crippen LogP contribution < -0.4 is 5.32 Å². The second kappa shape index (κ2) is 5.26. The zero-order valence-corrected chi connectivity index (χ0v) is 9.91. The highest BCUT2D eigenvalue weighted by molar-refractivity contribution is 5.46. The van der Waals surface area contributed by atoms with E-state index >= 15 is 0 Å². The lowest BCUT2D eigenvalue weighted by Gasteiger charge is -2.06. The van der Waals surface area contributed by atoms with E-state index < -0.39 is 4.92 Å². The molecule has 0 aliphatic heterocycles. The summed E-state index contributed by atoms with van der Waals surface area (Å²) in [6, 6.07) is 3.52. The maximum Gasteiger partial charge on any atom is 0.290 e. The summed E-state index contributed by atoms with van der Waals surface area (Å²) in [6.07, 6.45) is 4.86. The van der Waals surface area contributed by atoms with E-state index in [9.17, 15) is 10.1 Å². The Balaban J connectivity index is 1.94.